The van der Waals surface area contributed by atoms with Gasteiger partial charge in [0, 0.05) is 37.6 Å². The summed E-state index contributed by atoms with van der Waals surface area (Å²) in [5.74, 6) is 2.67. The van der Waals surface area contributed by atoms with E-state index in [4.69, 9.17) is 31.4 Å². The Morgan fingerprint density at radius 2 is 1.32 bits per heavy atom. The molecule has 3 aliphatic heterocycles. The third-order valence-corrected chi connectivity index (χ3v) is 16.7. The van der Waals surface area contributed by atoms with Crippen molar-refractivity contribution >= 4 is 104 Å². The molecule has 12 rings (SSSR count). The maximum atomic E-state index is 7.37. The Morgan fingerprint density at radius 3 is 1.91 bits per heavy atom. The molecule has 1 aromatic heterocycles. The van der Waals surface area contributed by atoms with Crippen LogP contribution in [-0.2, 0) is 21.5 Å². The van der Waals surface area contributed by atoms with Gasteiger partial charge >= 0.3 is 0 Å². The first kappa shape index (κ1) is 36.8. The summed E-state index contributed by atoms with van der Waals surface area (Å²) in [5.41, 5.74) is 14.6. The van der Waals surface area contributed by atoms with Gasteiger partial charge in [-0.15, -0.1) is 11.3 Å². The predicted molar refractivity (Wildman–Crippen MR) is 249 cm³/mol. The third-order valence-electron chi connectivity index (χ3n) is 15.4. The van der Waals surface area contributed by atoms with Gasteiger partial charge in [-0.2, -0.15) is 0 Å². The second-order valence-electron chi connectivity index (χ2n) is 21.7. The van der Waals surface area contributed by atoms with Crippen LogP contribution in [0.4, 0.5) is 28.4 Å². The summed E-state index contributed by atoms with van der Waals surface area (Å²) in [5, 5.41) is -1.72. The molecule has 0 unspecified atom stereocenters. The summed E-state index contributed by atoms with van der Waals surface area (Å²) in [6.45, 7) is 18.3. The highest BCUT2D eigenvalue weighted by Crippen LogP contribution is 2.62. The van der Waals surface area contributed by atoms with E-state index in [-0.39, 0.29) is 28.9 Å². The van der Waals surface area contributed by atoms with E-state index in [2.05, 4.69) is 132 Å². The first-order valence-electron chi connectivity index (χ1n) is 21.6. The molecular formula is C49H51B5N2S. The number of fused-ring (bicyclic) bond motifs is 6. The highest BCUT2D eigenvalue weighted by Gasteiger charge is 2.58. The van der Waals surface area contributed by atoms with E-state index in [0.29, 0.717) is 0 Å². The fourth-order valence-electron chi connectivity index (χ4n) is 12.7. The highest BCUT2D eigenvalue weighted by atomic mass is 32.1. The van der Waals surface area contributed by atoms with Gasteiger partial charge in [-0.3, -0.25) is 0 Å². The molecule has 4 bridgehead atoms. The minimum Gasteiger partial charge on any atom is -0.355 e. The molecular weight excluding hydrogens is 703 g/mol. The van der Waals surface area contributed by atoms with Gasteiger partial charge in [-0.25, -0.2) is 0 Å². The summed E-state index contributed by atoms with van der Waals surface area (Å²) in [6.07, 6.45) is 7.96. The van der Waals surface area contributed by atoms with E-state index in [1.54, 1.807) is 0 Å². The Hall–Kier alpha value is -3.24. The zero-order chi connectivity index (χ0) is 39.9. The molecule has 4 fully saturated rings. The number of benzene rings is 4. The van der Waals surface area contributed by atoms with Crippen LogP contribution in [0.5, 0.6) is 0 Å². The summed E-state index contributed by atoms with van der Waals surface area (Å²) < 4.78 is 2.65. The number of rotatable bonds is 3. The molecule has 4 aliphatic carbocycles. The lowest BCUT2D eigenvalue weighted by molar-refractivity contribution is -0.00514. The van der Waals surface area contributed by atoms with Gasteiger partial charge in [-0.1, -0.05) is 90.9 Å². The molecule has 57 heavy (non-hydrogen) atoms. The second kappa shape index (κ2) is 11.5. The van der Waals surface area contributed by atoms with Gasteiger partial charge in [0.15, 0.2) is 0 Å². The average molecular weight is 754 g/mol. The molecule has 5 aromatic rings. The normalized spacial score (nSPS) is 26.0. The monoisotopic (exact) mass is 754 g/mol. The van der Waals surface area contributed by atoms with Crippen LogP contribution in [0.25, 0.3) is 10.1 Å². The molecule has 4 heterocycles. The smallest absolute Gasteiger partial charge is 0.264 e. The molecule has 4 saturated carbocycles. The summed E-state index contributed by atoms with van der Waals surface area (Å²) in [6, 6.07) is 26.3. The number of nitrogens with zero attached hydrogens (tertiary/aromatic N) is 2. The molecule has 8 heteroatoms. The van der Waals surface area contributed by atoms with E-state index in [1.165, 1.54) is 104 Å². The molecule has 278 valence electrons. The fourth-order valence-corrected chi connectivity index (χ4v) is 14.0. The summed E-state index contributed by atoms with van der Waals surface area (Å²) in [7, 11) is 29.2. The Labute approximate surface area is 350 Å². The van der Waals surface area contributed by atoms with Crippen LogP contribution in [0.3, 0.4) is 0 Å². The van der Waals surface area contributed by atoms with Crippen LogP contribution < -0.4 is 25.5 Å². The molecule has 2 nitrogen and oxygen atoms in total. The molecule has 0 N–H and O–H groups in total. The van der Waals surface area contributed by atoms with Crippen LogP contribution in [0.15, 0.2) is 66.7 Å². The van der Waals surface area contributed by atoms with Gasteiger partial charge in [0.1, 0.15) is 0 Å². The van der Waals surface area contributed by atoms with E-state index >= 15 is 0 Å². The topological polar surface area (TPSA) is 6.48 Å². The zero-order valence-electron chi connectivity index (χ0n) is 35.1. The molecule has 4 aromatic carbocycles. The maximum Gasteiger partial charge on any atom is 0.264 e. The van der Waals surface area contributed by atoms with Gasteiger partial charge in [0.25, 0.3) is 6.71 Å². The van der Waals surface area contributed by atoms with Gasteiger partial charge in [0.05, 0.1) is 37.1 Å². The van der Waals surface area contributed by atoms with Crippen molar-refractivity contribution in [3.8, 4) is 0 Å². The number of hydrogen-bond acceptors (Lipinski definition) is 3. The fraction of sp³-hybridized carbons (Fsp3) is 0.469. The van der Waals surface area contributed by atoms with E-state index in [9.17, 15) is 0 Å². The standard InChI is InChI=1S/C49H51B5N2S/c1-26(2)30-18-36-43-37(19-30)54-41-38(21-33(22-39(41)56(43)49(52,53)48(36,50)51)47-23-27-15-28(24-47)17-29(16-27)25-47)55(34-12-9-31(10-13-34)45(3,4)5)42-35-20-32(46(6,7)8)11-14-40(35)57-44(42)54/h9-14,18-22,26-29H,15-17,23-25H2,1-8H3. The number of anilines is 5. The van der Waals surface area contributed by atoms with Crippen molar-refractivity contribution in [2.24, 2.45) is 17.8 Å². The van der Waals surface area contributed by atoms with Crippen molar-refractivity contribution in [2.45, 2.75) is 127 Å². The Morgan fingerprint density at radius 1 is 0.719 bits per heavy atom. The SMILES string of the molecule is [B]C1([B])c2cc(C(C)C)cc3c2N(c2cc(C45CC6CC(CC(C6)C4)C5)cc4c2B3c2sc3ccc(C(C)(C)C)cc3c2N4c2ccc(C(C)(C)C)cc2)C1([B])[B]. The molecule has 0 saturated heterocycles. The first-order valence-corrected chi connectivity index (χ1v) is 22.4. The van der Waals surface area contributed by atoms with Crippen LogP contribution in [0.1, 0.15) is 128 Å². The molecule has 0 amide bonds. The Kier molecular flexibility index (Phi) is 7.44. The van der Waals surface area contributed by atoms with Crippen molar-refractivity contribution in [1.82, 2.24) is 0 Å². The van der Waals surface area contributed by atoms with Crippen LogP contribution in [0, 0.1) is 17.8 Å². The van der Waals surface area contributed by atoms with Gasteiger partial charge in [-0.05, 0) is 159 Å². The lowest BCUT2D eigenvalue weighted by Crippen LogP contribution is -2.65. The molecule has 8 radical (unpaired) electrons. The van der Waals surface area contributed by atoms with Gasteiger partial charge in [0.2, 0.25) is 0 Å². The summed E-state index contributed by atoms with van der Waals surface area (Å²) in [4.78, 5) is 4.80. The Bertz CT molecular complexity index is 2500. The van der Waals surface area contributed by atoms with Gasteiger partial charge < -0.3 is 9.80 Å². The minimum atomic E-state index is -1.56. The minimum absolute atomic E-state index is 0.00252. The van der Waals surface area contributed by atoms with Crippen molar-refractivity contribution in [3.05, 3.63) is 94.5 Å². The van der Waals surface area contributed by atoms with Crippen molar-refractivity contribution in [2.75, 3.05) is 9.80 Å². The van der Waals surface area contributed by atoms with Crippen molar-refractivity contribution in [3.63, 3.8) is 0 Å². The molecule has 0 atom stereocenters. The number of thiophene rings is 1. The molecule has 7 aliphatic rings. The van der Waals surface area contributed by atoms with Crippen LogP contribution in [0.2, 0.25) is 0 Å². The lowest BCUT2D eigenvalue weighted by atomic mass is 9.33. The quantitative estimate of drug-likeness (QED) is 0.166. The first-order chi connectivity index (χ1) is 26.8. The predicted octanol–water partition coefficient (Wildman–Crippen LogP) is 9.33. The van der Waals surface area contributed by atoms with E-state index in [1.807, 2.05) is 11.3 Å². The van der Waals surface area contributed by atoms with E-state index < -0.39 is 10.6 Å². The lowest BCUT2D eigenvalue weighted by Gasteiger charge is -2.58. The van der Waals surface area contributed by atoms with E-state index in [0.717, 1.165) is 34.7 Å². The van der Waals surface area contributed by atoms with Crippen molar-refractivity contribution in [1.29, 1.82) is 0 Å². The third kappa shape index (κ3) is 4.95. The van der Waals surface area contributed by atoms with Crippen molar-refractivity contribution < 1.29 is 0 Å². The number of hydrogen-bond donors (Lipinski definition) is 0. The van der Waals surface area contributed by atoms with Crippen LogP contribution >= 0.6 is 11.3 Å². The summed E-state index contributed by atoms with van der Waals surface area (Å²) >= 11 is 1.94. The Balaban J connectivity index is 1.27. The average Bonchev–Trinajstić information content (AvgIpc) is 3.58. The molecule has 0 spiro atoms. The maximum absolute atomic E-state index is 7.37. The highest BCUT2D eigenvalue weighted by molar-refractivity contribution is 7.33. The second-order valence-corrected chi connectivity index (χ2v) is 22.7. The van der Waals surface area contributed by atoms with Crippen LogP contribution in [-0.4, -0.2) is 43.4 Å². The largest absolute Gasteiger partial charge is 0.355 e. The zero-order valence-corrected chi connectivity index (χ0v) is 35.9.